The number of aliphatic carboxylic acids is 1. The van der Waals surface area contributed by atoms with E-state index in [4.69, 9.17) is 21.1 Å². The van der Waals surface area contributed by atoms with Crippen LogP contribution in [-0.4, -0.2) is 60.3 Å². The molecule has 1 unspecified atom stereocenters. The number of benzene rings is 2. The van der Waals surface area contributed by atoms with E-state index in [-0.39, 0.29) is 6.54 Å². The molecule has 0 fully saturated rings. The molecule has 3 aromatic rings. The van der Waals surface area contributed by atoms with Crippen LogP contribution in [0.5, 0.6) is 11.5 Å². The Morgan fingerprint density at radius 2 is 2.03 bits per heavy atom. The van der Waals surface area contributed by atoms with Crippen molar-refractivity contribution in [3.05, 3.63) is 58.2 Å². The smallest absolute Gasteiger partial charge is 0.312 e. The molecule has 182 valence electrons. The van der Waals surface area contributed by atoms with Crippen LogP contribution in [0.2, 0.25) is 5.02 Å². The van der Waals surface area contributed by atoms with Gasteiger partial charge in [-0.1, -0.05) is 11.6 Å². The molecule has 2 aliphatic rings. The SMILES string of the molecule is COc1ccc2c(c1)C(C(=O)O)CN2c1nc(Nc2cc3c(cc2OC)CCN(C)C3)ncc1Cl. The first kappa shape index (κ1) is 23.2. The molecule has 5 rings (SSSR count). The Kier molecular flexibility index (Phi) is 6.12. The minimum absolute atomic E-state index is 0.197. The van der Waals surface area contributed by atoms with Crippen LogP contribution in [0.15, 0.2) is 36.5 Å². The molecular formula is C25H26ClN5O4. The van der Waals surface area contributed by atoms with Gasteiger partial charge in [-0.15, -0.1) is 0 Å². The molecule has 10 heteroatoms. The number of carboxylic acid groups (broad SMARTS) is 1. The van der Waals surface area contributed by atoms with Crippen LogP contribution in [0.25, 0.3) is 0 Å². The van der Waals surface area contributed by atoms with Crippen LogP contribution in [0, 0.1) is 0 Å². The summed E-state index contributed by atoms with van der Waals surface area (Å²) in [5.74, 6) is 0.405. The van der Waals surface area contributed by atoms with Crippen LogP contribution >= 0.6 is 11.6 Å². The Balaban J connectivity index is 1.50. The molecule has 1 aromatic heterocycles. The first-order valence-corrected chi connectivity index (χ1v) is 11.6. The van der Waals surface area contributed by atoms with Gasteiger partial charge in [0, 0.05) is 25.3 Å². The summed E-state index contributed by atoms with van der Waals surface area (Å²) < 4.78 is 10.9. The largest absolute Gasteiger partial charge is 0.497 e. The van der Waals surface area contributed by atoms with Crippen molar-refractivity contribution >= 4 is 40.7 Å². The topological polar surface area (TPSA) is 100 Å². The summed E-state index contributed by atoms with van der Waals surface area (Å²) >= 11 is 6.50. The van der Waals surface area contributed by atoms with E-state index in [1.807, 2.05) is 11.0 Å². The first-order valence-electron chi connectivity index (χ1n) is 11.2. The van der Waals surface area contributed by atoms with Crippen molar-refractivity contribution in [2.75, 3.05) is 44.6 Å². The fourth-order valence-electron chi connectivity index (χ4n) is 4.70. The molecule has 0 saturated heterocycles. The summed E-state index contributed by atoms with van der Waals surface area (Å²) in [6.07, 6.45) is 2.48. The van der Waals surface area contributed by atoms with Gasteiger partial charge in [0.2, 0.25) is 5.95 Å². The monoisotopic (exact) mass is 495 g/mol. The van der Waals surface area contributed by atoms with Gasteiger partial charge < -0.3 is 29.7 Å². The summed E-state index contributed by atoms with van der Waals surface area (Å²) in [7, 11) is 5.29. The summed E-state index contributed by atoms with van der Waals surface area (Å²) in [6.45, 7) is 2.06. The van der Waals surface area contributed by atoms with Gasteiger partial charge in [0.05, 0.1) is 26.1 Å². The number of nitrogens with one attached hydrogen (secondary N) is 1. The van der Waals surface area contributed by atoms with Gasteiger partial charge in [-0.3, -0.25) is 4.79 Å². The van der Waals surface area contributed by atoms with E-state index in [1.54, 1.807) is 26.4 Å². The maximum absolute atomic E-state index is 12.0. The van der Waals surface area contributed by atoms with Crippen molar-refractivity contribution in [3.8, 4) is 11.5 Å². The molecule has 2 N–H and O–H groups in total. The number of methoxy groups -OCH3 is 2. The quantitative estimate of drug-likeness (QED) is 0.521. The van der Waals surface area contributed by atoms with Crippen LogP contribution in [-0.2, 0) is 17.8 Å². The molecule has 0 radical (unpaired) electrons. The van der Waals surface area contributed by atoms with Crippen molar-refractivity contribution in [2.24, 2.45) is 0 Å². The van der Waals surface area contributed by atoms with Gasteiger partial charge in [0.1, 0.15) is 22.4 Å². The number of halogens is 1. The lowest BCUT2D eigenvalue weighted by Gasteiger charge is -2.26. The lowest BCUT2D eigenvalue weighted by molar-refractivity contribution is -0.138. The Hall–Kier alpha value is -3.56. The van der Waals surface area contributed by atoms with Gasteiger partial charge in [0.15, 0.2) is 5.82 Å². The maximum atomic E-state index is 12.0. The van der Waals surface area contributed by atoms with E-state index < -0.39 is 11.9 Å². The summed E-state index contributed by atoms with van der Waals surface area (Å²) in [6, 6.07) is 9.49. The Bertz CT molecular complexity index is 1300. The fourth-order valence-corrected chi connectivity index (χ4v) is 4.89. The Morgan fingerprint density at radius 3 is 2.77 bits per heavy atom. The fraction of sp³-hybridized carbons (Fsp3) is 0.320. The van der Waals surface area contributed by atoms with Crippen LogP contribution in [0.1, 0.15) is 22.6 Å². The highest BCUT2D eigenvalue weighted by molar-refractivity contribution is 6.33. The molecule has 0 bridgehead atoms. The number of aromatic nitrogens is 2. The number of carboxylic acids is 1. The van der Waals surface area contributed by atoms with E-state index in [9.17, 15) is 9.90 Å². The highest BCUT2D eigenvalue weighted by Crippen LogP contribution is 2.44. The van der Waals surface area contributed by atoms with Crippen molar-refractivity contribution < 1.29 is 19.4 Å². The number of carbonyl (C=O) groups is 1. The second-order valence-electron chi connectivity index (χ2n) is 8.73. The van der Waals surface area contributed by atoms with Crippen LogP contribution in [0.3, 0.4) is 0 Å². The van der Waals surface area contributed by atoms with E-state index in [0.29, 0.717) is 33.9 Å². The zero-order valence-electron chi connectivity index (χ0n) is 19.7. The van der Waals surface area contributed by atoms with Gasteiger partial charge in [-0.2, -0.15) is 4.98 Å². The first-order chi connectivity index (χ1) is 16.9. The van der Waals surface area contributed by atoms with E-state index in [2.05, 4.69) is 39.4 Å². The molecule has 0 amide bonds. The second kappa shape index (κ2) is 9.24. The summed E-state index contributed by atoms with van der Waals surface area (Å²) in [5, 5.41) is 13.4. The number of hydrogen-bond donors (Lipinski definition) is 2. The molecule has 2 aliphatic heterocycles. The molecule has 9 nitrogen and oxygen atoms in total. The number of hydrogen-bond acceptors (Lipinski definition) is 8. The molecule has 2 aromatic carbocycles. The third-order valence-electron chi connectivity index (χ3n) is 6.52. The van der Waals surface area contributed by atoms with E-state index in [1.165, 1.54) is 17.3 Å². The van der Waals surface area contributed by atoms with Gasteiger partial charge >= 0.3 is 5.97 Å². The predicted octanol–water partition coefficient (Wildman–Crippen LogP) is 4.20. The number of fused-ring (bicyclic) bond motifs is 2. The molecule has 1 atom stereocenters. The van der Waals surface area contributed by atoms with Gasteiger partial charge in [-0.25, -0.2) is 4.98 Å². The number of rotatable bonds is 6. The number of likely N-dealkylation sites (N-methyl/N-ethyl adjacent to an activating group) is 1. The predicted molar refractivity (Wildman–Crippen MR) is 134 cm³/mol. The maximum Gasteiger partial charge on any atom is 0.312 e. The van der Waals surface area contributed by atoms with E-state index >= 15 is 0 Å². The summed E-state index contributed by atoms with van der Waals surface area (Å²) in [5.41, 5.74) is 4.63. The Morgan fingerprint density at radius 1 is 1.20 bits per heavy atom. The zero-order valence-corrected chi connectivity index (χ0v) is 20.5. The minimum Gasteiger partial charge on any atom is -0.497 e. The van der Waals surface area contributed by atoms with Crippen molar-refractivity contribution in [1.29, 1.82) is 0 Å². The van der Waals surface area contributed by atoms with Crippen molar-refractivity contribution in [2.45, 2.75) is 18.9 Å². The molecule has 0 saturated carbocycles. The number of nitrogens with zero attached hydrogens (tertiary/aromatic N) is 4. The molecular weight excluding hydrogens is 470 g/mol. The average Bonchev–Trinajstić information content (AvgIpc) is 3.23. The molecule has 3 heterocycles. The molecule has 0 spiro atoms. The van der Waals surface area contributed by atoms with Crippen molar-refractivity contribution in [3.63, 3.8) is 0 Å². The normalized spacial score (nSPS) is 17.0. The lowest BCUT2D eigenvalue weighted by atomic mass is 9.99. The van der Waals surface area contributed by atoms with Gasteiger partial charge in [-0.05, 0) is 60.5 Å². The summed E-state index contributed by atoms with van der Waals surface area (Å²) in [4.78, 5) is 25.1. The van der Waals surface area contributed by atoms with Crippen molar-refractivity contribution in [1.82, 2.24) is 14.9 Å². The highest BCUT2D eigenvalue weighted by Gasteiger charge is 2.36. The lowest BCUT2D eigenvalue weighted by Crippen LogP contribution is -2.26. The van der Waals surface area contributed by atoms with Crippen LogP contribution < -0.4 is 19.7 Å². The minimum atomic E-state index is -0.922. The highest BCUT2D eigenvalue weighted by atomic mass is 35.5. The molecule has 0 aliphatic carbocycles. The Labute approximate surface area is 208 Å². The van der Waals surface area contributed by atoms with Crippen LogP contribution in [0.4, 0.5) is 23.1 Å². The standard InChI is InChI=1S/C25H26ClN5O4/c1-30-7-6-14-9-22(35-3)20(8-15(14)12-30)28-25-27-11-19(26)23(29-25)31-13-18(24(32)33)17-10-16(34-2)4-5-21(17)31/h4-5,8-11,18H,6-7,12-13H2,1-3H3,(H,32,33)(H,27,28,29). The van der Waals surface area contributed by atoms with Gasteiger partial charge in [0.25, 0.3) is 0 Å². The number of ether oxygens (including phenoxy) is 2. The zero-order chi connectivity index (χ0) is 24.7. The average molecular weight is 496 g/mol. The number of anilines is 4. The molecule has 35 heavy (non-hydrogen) atoms. The van der Waals surface area contributed by atoms with E-state index in [0.717, 1.165) is 30.9 Å². The third-order valence-corrected chi connectivity index (χ3v) is 6.78. The second-order valence-corrected chi connectivity index (χ2v) is 9.13. The third kappa shape index (κ3) is 4.33.